The predicted octanol–water partition coefficient (Wildman–Crippen LogP) is 1.98. The molecule has 0 atom stereocenters. The van der Waals surface area contributed by atoms with Gasteiger partial charge in [0.1, 0.15) is 0 Å². The second-order valence-electron chi connectivity index (χ2n) is 4.05. The SMILES string of the molecule is CC(C)C1CN(C(C)C)C1. The third-order valence-corrected chi connectivity index (χ3v) is 2.61. The smallest absolute Gasteiger partial charge is 0.00388 e. The van der Waals surface area contributed by atoms with Gasteiger partial charge in [-0.05, 0) is 25.7 Å². The molecule has 1 fully saturated rings. The first-order chi connectivity index (χ1) is 4.61. The molecule has 1 saturated heterocycles. The molecule has 0 saturated carbocycles. The highest BCUT2D eigenvalue weighted by Gasteiger charge is 2.29. The quantitative estimate of drug-likeness (QED) is 0.568. The molecular weight excluding hydrogens is 122 g/mol. The molecule has 10 heavy (non-hydrogen) atoms. The lowest BCUT2D eigenvalue weighted by molar-refractivity contribution is 0.0408. The highest BCUT2D eigenvalue weighted by Crippen LogP contribution is 2.24. The van der Waals surface area contributed by atoms with Crippen LogP contribution in [0.1, 0.15) is 27.7 Å². The van der Waals surface area contributed by atoms with Gasteiger partial charge in [-0.25, -0.2) is 0 Å². The Morgan fingerprint density at radius 2 is 1.60 bits per heavy atom. The molecule has 0 aliphatic carbocycles. The van der Waals surface area contributed by atoms with Gasteiger partial charge in [0, 0.05) is 19.1 Å². The summed E-state index contributed by atoms with van der Waals surface area (Å²) in [5.41, 5.74) is 0. The van der Waals surface area contributed by atoms with Crippen molar-refractivity contribution in [1.29, 1.82) is 0 Å². The Balaban J connectivity index is 2.18. The molecule has 1 aliphatic rings. The molecule has 0 aromatic heterocycles. The molecule has 1 aliphatic heterocycles. The van der Waals surface area contributed by atoms with E-state index in [1.807, 2.05) is 0 Å². The molecule has 60 valence electrons. The minimum Gasteiger partial charge on any atom is -0.300 e. The van der Waals surface area contributed by atoms with Crippen LogP contribution in [0.15, 0.2) is 0 Å². The maximum absolute atomic E-state index is 2.53. The van der Waals surface area contributed by atoms with Crippen LogP contribution in [0.5, 0.6) is 0 Å². The van der Waals surface area contributed by atoms with E-state index >= 15 is 0 Å². The van der Waals surface area contributed by atoms with Crippen LogP contribution in [0.3, 0.4) is 0 Å². The second-order valence-corrected chi connectivity index (χ2v) is 4.05. The average molecular weight is 141 g/mol. The lowest BCUT2D eigenvalue weighted by atomic mass is 9.87. The van der Waals surface area contributed by atoms with E-state index in [4.69, 9.17) is 0 Å². The van der Waals surface area contributed by atoms with E-state index in [0.29, 0.717) is 0 Å². The van der Waals surface area contributed by atoms with Crippen LogP contribution in [-0.2, 0) is 0 Å². The van der Waals surface area contributed by atoms with E-state index in [1.54, 1.807) is 0 Å². The predicted molar refractivity (Wildman–Crippen MR) is 45.0 cm³/mol. The zero-order valence-corrected chi connectivity index (χ0v) is 7.59. The Bertz CT molecular complexity index is 89.3. The van der Waals surface area contributed by atoms with E-state index in [-0.39, 0.29) is 0 Å². The van der Waals surface area contributed by atoms with Crippen molar-refractivity contribution in [3.8, 4) is 0 Å². The molecule has 0 N–H and O–H groups in total. The third kappa shape index (κ3) is 1.51. The highest BCUT2D eigenvalue weighted by atomic mass is 15.2. The van der Waals surface area contributed by atoms with Crippen molar-refractivity contribution in [3.05, 3.63) is 0 Å². The van der Waals surface area contributed by atoms with Gasteiger partial charge >= 0.3 is 0 Å². The molecule has 0 radical (unpaired) electrons. The normalized spacial score (nSPS) is 22.2. The molecule has 1 heterocycles. The Morgan fingerprint density at radius 1 is 1.10 bits per heavy atom. The van der Waals surface area contributed by atoms with Crippen molar-refractivity contribution < 1.29 is 0 Å². The van der Waals surface area contributed by atoms with E-state index in [0.717, 1.165) is 17.9 Å². The second kappa shape index (κ2) is 2.91. The molecule has 1 rings (SSSR count). The van der Waals surface area contributed by atoms with Gasteiger partial charge in [0.2, 0.25) is 0 Å². The molecule has 0 spiro atoms. The van der Waals surface area contributed by atoms with Crippen molar-refractivity contribution in [2.75, 3.05) is 13.1 Å². The zero-order chi connectivity index (χ0) is 7.72. The summed E-state index contributed by atoms with van der Waals surface area (Å²) in [7, 11) is 0. The molecule has 1 nitrogen and oxygen atoms in total. The summed E-state index contributed by atoms with van der Waals surface area (Å²) in [6.45, 7) is 11.8. The maximum atomic E-state index is 2.53. The standard InChI is InChI=1S/C9H19N/c1-7(2)9-5-10(6-9)8(3)4/h7-9H,5-6H2,1-4H3. The van der Waals surface area contributed by atoms with Gasteiger partial charge < -0.3 is 4.90 Å². The summed E-state index contributed by atoms with van der Waals surface area (Å²) >= 11 is 0. The largest absolute Gasteiger partial charge is 0.300 e. The van der Waals surface area contributed by atoms with Gasteiger partial charge in [0.15, 0.2) is 0 Å². The third-order valence-electron chi connectivity index (χ3n) is 2.61. The molecule has 1 heteroatoms. The monoisotopic (exact) mass is 141 g/mol. The van der Waals surface area contributed by atoms with Crippen molar-refractivity contribution in [2.24, 2.45) is 11.8 Å². The number of rotatable bonds is 2. The van der Waals surface area contributed by atoms with Crippen LogP contribution in [0.2, 0.25) is 0 Å². The fourth-order valence-electron chi connectivity index (χ4n) is 1.39. The van der Waals surface area contributed by atoms with Gasteiger partial charge in [-0.2, -0.15) is 0 Å². The van der Waals surface area contributed by atoms with Gasteiger partial charge in [0.05, 0.1) is 0 Å². The first-order valence-electron chi connectivity index (χ1n) is 4.35. The molecule has 0 amide bonds. The molecule has 0 unspecified atom stereocenters. The van der Waals surface area contributed by atoms with Crippen molar-refractivity contribution in [1.82, 2.24) is 4.90 Å². The Labute approximate surface area is 64.4 Å². The fraction of sp³-hybridized carbons (Fsp3) is 1.00. The van der Waals surface area contributed by atoms with E-state index in [2.05, 4.69) is 32.6 Å². The van der Waals surface area contributed by atoms with Crippen molar-refractivity contribution in [2.45, 2.75) is 33.7 Å². The van der Waals surface area contributed by atoms with Crippen LogP contribution in [0.25, 0.3) is 0 Å². The zero-order valence-electron chi connectivity index (χ0n) is 7.59. The van der Waals surface area contributed by atoms with Crippen molar-refractivity contribution >= 4 is 0 Å². The van der Waals surface area contributed by atoms with Crippen LogP contribution in [-0.4, -0.2) is 24.0 Å². The topological polar surface area (TPSA) is 3.24 Å². The number of hydrogen-bond acceptors (Lipinski definition) is 1. The average Bonchev–Trinajstić information content (AvgIpc) is 1.56. The van der Waals surface area contributed by atoms with Crippen LogP contribution < -0.4 is 0 Å². The van der Waals surface area contributed by atoms with Crippen LogP contribution >= 0.6 is 0 Å². The first-order valence-corrected chi connectivity index (χ1v) is 4.35. The van der Waals surface area contributed by atoms with Crippen LogP contribution in [0, 0.1) is 11.8 Å². The summed E-state index contributed by atoms with van der Waals surface area (Å²) in [6, 6.07) is 0.759. The van der Waals surface area contributed by atoms with E-state index < -0.39 is 0 Å². The van der Waals surface area contributed by atoms with Gasteiger partial charge in [0.25, 0.3) is 0 Å². The fourth-order valence-corrected chi connectivity index (χ4v) is 1.39. The highest BCUT2D eigenvalue weighted by molar-refractivity contribution is 4.83. The Morgan fingerprint density at radius 3 is 1.90 bits per heavy atom. The van der Waals surface area contributed by atoms with Gasteiger partial charge in [-0.3, -0.25) is 0 Å². The minimum atomic E-state index is 0.759. The summed E-state index contributed by atoms with van der Waals surface area (Å²) in [6.07, 6.45) is 0. The molecule has 0 aromatic carbocycles. The maximum Gasteiger partial charge on any atom is 0.00388 e. The number of nitrogens with zero attached hydrogens (tertiary/aromatic N) is 1. The Kier molecular flexibility index (Phi) is 2.35. The Hall–Kier alpha value is -0.0400. The summed E-state index contributed by atoms with van der Waals surface area (Å²) < 4.78 is 0. The minimum absolute atomic E-state index is 0.759. The van der Waals surface area contributed by atoms with Crippen molar-refractivity contribution in [3.63, 3.8) is 0 Å². The first kappa shape index (κ1) is 8.06. The number of hydrogen-bond donors (Lipinski definition) is 0. The summed E-state index contributed by atoms with van der Waals surface area (Å²) in [4.78, 5) is 2.53. The van der Waals surface area contributed by atoms with E-state index in [9.17, 15) is 0 Å². The molecule has 0 bridgehead atoms. The summed E-state index contributed by atoms with van der Waals surface area (Å²) in [5.74, 6) is 1.86. The lowest BCUT2D eigenvalue weighted by Gasteiger charge is -2.44. The molecule has 0 aromatic rings. The van der Waals surface area contributed by atoms with Gasteiger partial charge in [-0.15, -0.1) is 0 Å². The summed E-state index contributed by atoms with van der Waals surface area (Å²) in [5, 5.41) is 0. The lowest BCUT2D eigenvalue weighted by Crippen LogP contribution is -2.51. The van der Waals surface area contributed by atoms with Gasteiger partial charge in [-0.1, -0.05) is 13.8 Å². The molecular formula is C9H19N. The van der Waals surface area contributed by atoms with Crippen LogP contribution in [0.4, 0.5) is 0 Å². The van der Waals surface area contributed by atoms with E-state index in [1.165, 1.54) is 13.1 Å². The number of likely N-dealkylation sites (tertiary alicyclic amines) is 1.